The highest BCUT2D eigenvalue weighted by molar-refractivity contribution is 9.10. The fraction of sp³-hybridized carbons (Fsp3) is 0.200. The maximum absolute atomic E-state index is 12.8. The first-order valence-corrected chi connectivity index (χ1v) is 8.90. The van der Waals surface area contributed by atoms with Crippen molar-refractivity contribution in [2.24, 2.45) is 0 Å². The summed E-state index contributed by atoms with van der Waals surface area (Å²) in [5.74, 6) is 0.614. The zero-order chi connectivity index (χ0) is 18.0. The number of rotatable bonds is 5. The maximum Gasteiger partial charge on any atom is 0.416 e. The van der Waals surface area contributed by atoms with Crippen molar-refractivity contribution in [2.75, 3.05) is 7.11 Å². The summed E-state index contributed by atoms with van der Waals surface area (Å²) in [6, 6.07) is 9.16. The Hall–Kier alpha value is -1.58. The smallest absolute Gasteiger partial charge is 0.416 e. The molecule has 0 unspecified atom stereocenters. The molecule has 0 aliphatic rings. The van der Waals surface area contributed by atoms with Gasteiger partial charge in [-0.05, 0) is 35.9 Å². The Kier molecular flexibility index (Phi) is 5.56. The van der Waals surface area contributed by atoms with Crippen molar-refractivity contribution in [1.29, 1.82) is 0 Å². The van der Waals surface area contributed by atoms with Gasteiger partial charge >= 0.3 is 6.18 Å². The lowest BCUT2D eigenvalue weighted by Crippen LogP contribution is -2.23. The molecule has 2 aromatic carbocycles. The van der Waals surface area contributed by atoms with Gasteiger partial charge in [0.05, 0.1) is 17.6 Å². The van der Waals surface area contributed by atoms with Gasteiger partial charge in [-0.2, -0.15) is 13.2 Å². The van der Waals surface area contributed by atoms with Crippen molar-refractivity contribution in [3.63, 3.8) is 0 Å². The third-order valence-electron chi connectivity index (χ3n) is 3.13. The maximum atomic E-state index is 12.8. The third-order valence-corrected chi connectivity index (χ3v) is 4.97. The topological polar surface area (TPSA) is 55.4 Å². The van der Waals surface area contributed by atoms with Gasteiger partial charge in [-0.3, -0.25) is 0 Å². The lowest BCUT2D eigenvalue weighted by Gasteiger charge is -2.11. The Balaban J connectivity index is 2.22. The van der Waals surface area contributed by atoms with E-state index in [0.717, 1.165) is 12.1 Å². The summed E-state index contributed by atoms with van der Waals surface area (Å²) < 4.78 is 70.2. The van der Waals surface area contributed by atoms with Gasteiger partial charge in [-0.15, -0.1) is 0 Å². The van der Waals surface area contributed by atoms with E-state index in [1.165, 1.54) is 7.11 Å². The van der Waals surface area contributed by atoms with Crippen molar-refractivity contribution in [1.82, 2.24) is 4.72 Å². The van der Waals surface area contributed by atoms with Crippen LogP contribution >= 0.6 is 15.9 Å². The van der Waals surface area contributed by atoms with Gasteiger partial charge in [-0.25, -0.2) is 13.1 Å². The van der Waals surface area contributed by atoms with Gasteiger partial charge in [0.1, 0.15) is 5.75 Å². The number of halogens is 4. The van der Waals surface area contributed by atoms with E-state index in [1.54, 1.807) is 24.3 Å². The van der Waals surface area contributed by atoms with E-state index in [0.29, 0.717) is 17.4 Å². The number of methoxy groups -OCH3 is 1. The highest BCUT2D eigenvalue weighted by Crippen LogP contribution is 2.33. The number of alkyl halides is 3. The van der Waals surface area contributed by atoms with Crippen LogP contribution in [0.15, 0.2) is 51.8 Å². The van der Waals surface area contributed by atoms with Gasteiger partial charge < -0.3 is 4.74 Å². The highest BCUT2D eigenvalue weighted by atomic mass is 79.9. The quantitative estimate of drug-likeness (QED) is 0.791. The molecule has 0 heterocycles. The number of sulfonamides is 1. The first-order chi connectivity index (χ1) is 11.1. The van der Waals surface area contributed by atoms with Gasteiger partial charge in [0.15, 0.2) is 0 Å². The molecule has 0 amide bonds. The number of hydrogen-bond donors (Lipinski definition) is 1. The van der Waals surface area contributed by atoms with Crippen molar-refractivity contribution in [3.05, 3.63) is 58.1 Å². The van der Waals surface area contributed by atoms with Crippen LogP contribution in [0.5, 0.6) is 5.75 Å². The number of nitrogens with one attached hydrogen (secondary N) is 1. The molecule has 2 rings (SSSR count). The fourth-order valence-corrected chi connectivity index (χ4v) is 3.62. The van der Waals surface area contributed by atoms with Gasteiger partial charge in [0.2, 0.25) is 10.0 Å². The molecular weight excluding hydrogens is 411 g/mol. The predicted octanol–water partition coefficient (Wildman–Crippen LogP) is 3.96. The molecule has 130 valence electrons. The largest absolute Gasteiger partial charge is 0.497 e. The van der Waals surface area contributed by atoms with Gasteiger partial charge in [0, 0.05) is 11.0 Å². The summed E-state index contributed by atoms with van der Waals surface area (Å²) in [7, 11) is -2.59. The molecule has 0 aliphatic carbocycles. The highest BCUT2D eigenvalue weighted by Gasteiger charge is 2.32. The third kappa shape index (κ3) is 4.71. The molecule has 0 saturated carbocycles. The number of ether oxygens (including phenoxy) is 1. The zero-order valence-corrected chi connectivity index (χ0v) is 14.8. The van der Waals surface area contributed by atoms with Gasteiger partial charge in [0.25, 0.3) is 0 Å². The molecule has 0 bridgehead atoms. The standard InChI is InChI=1S/C15H13BrF3NO3S/c1-23-13-4-2-10(3-5-13)9-20-24(21,22)14-7-11(15(17,18)19)6-12(16)8-14/h2-8,20H,9H2,1H3. The lowest BCUT2D eigenvalue weighted by molar-refractivity contribution is -0.137. The lowest BCUT2D eigenvalue weighted by atomic mass is 10.2. The van der Waals surface area contributed by atoms with Crippen LogP contribution in [0.4, 0.5) is 13.2 Å². The summed E-state index contributed by atoms with van der Waals surface area (Å²) in [6.45, 7) is -0.0554. The second-order valence-electron chi connectivity index (χ2n) is 4.85. The molecule has 1 N–H and O–H groups in total. The Morgan fingerprint density at radius 3 is 2.29 bits per heavy atom. The van der Waals surface area contributed by atoms with Crippen LogP contribution in [0.3, 0.4) is 0 Å². The summed E-state index contributed by atoms with van der Waals surface area (Å²) in [6.07, 6.45) is -4.63. The molecule has 4 nitrogen and oxygen atoms in total. The molecule has 0 spiro atoms. The van der Waals surface area contributed by atoms with E-state index >= 15 is 0 Å². The first-order valence-electron chi connectivity index (χ1n) is 6.62. The molecule has 0 aliphatic heterocycles. The molecule has 2 aromatic rings. The van der Waals surface area contributed by atoms with Crippen LogP contribution in [0.1, 0.15) is 11.1 Å². The first kappa shape index (κ1) is 18.8. The van der Waals surface area contributed by atoms with Crippen molar-refractivity contribution >= 4 is 26.0 Å². The van der Waals surface area contributed by atoms with Crippen LogP contribution < -0.4 is 9.46 Å². The molecule has 0 saturated heterocycles. The summed E-state index contributed by atoms with van der Waals surface area (Å²) in [5, 5.41) is 0. The Morgan fingerprint density at radius 2 is 1.75 bits per heavy atom. The average Bonchev–Trinajstić information content (AvgIpc) is 2.52. The fourth-order valence-electron chi connectivity index (χ4n) is 1.89. The molecule has 0 atom stereocenters. The van der Waals surface area contributed by atoms with Crippen LogP contribution in [0, 0.1) is 0 Å². The predicted molar refractivity (Wildman–Crippen MR) is 86.2 cm³/mol. The van der Waals surface area contributed by atoms with E-state index < -0.39 is 26.7 Å². The van der Waals surface area contributed by atoms with E-state index in [2.05, 4.69) is 20.7 Å². The van der Waals surface area contributed by atoms with Crippen molar-refractivity contribution in [2.45, 2.75) is 17.6 Å². The zero-order valence-electron chi connectivity index (χ0n) is 12.4. The Labute approximate surface area is 145 Å². The molecule has 24 heavy (non-hydrogen) atoms. The van der Waals surface area contributed by atoms with Crippen LogP contribution in [-0.4, -0.2) is 15.5 Å². The SMILES string of the molecule is COc1ccc(CNS(=O)(=O)c2cc(Br)cc(C(F)(F)F)c2)cc1. The van der Waals surface area contributed by atoms with Crippen LogP contribution in [0.2, 0.25) is 0 Å². The van der Waals surface area contributed by atoms with E-state index in [4.69, 9.17) is 4.74 Å². The summed E-state index contributed by atoms with van der Waals surface area (Å²) in [4.78, 5) is -0.460. The van der Waals surface area contributed by atoms with Crippen LogP contribution in [0.25, 0.3) is 0 Å². The Morgan fingerprint density at radius 1 is 1.12 bits per heavy atom. The number of benzene rings is 2. The van der Waals surface area contributed by atoms with Crippen LogP contribution in [-0.2, 0) is 22.7 Å². The minimum atomic E-state index is -4.63. The normalized spacial score (nSPS) is 12.2. The molecule has 0 fully saturated rings. The van der Waals surface area contributed by atoms with Gasteiger partial charge in [-0.1, -0.05) is 28.1 Å². The minimum absolute atomic E-state index is 0.0298. The molecule has 0 aromatic heterocycles. The van der Waals surface area contributed by atoms with Crippen molar-refractivity contribution < 1.29 is 26.3 Å². The van der Waals surface area contributed by atoms with E-state index in [1.807, 2.05) is 0 Å². The average molecular weight is 424 g/mol. The summed E-state index contributed by atoms with van der Waals surface area (Å²) >= 11 is 2.90. The van der Waals surface area contributed by atoms with E-state index in [9.17, 15) is 21.6 Å². The number of hydrogen-bond acceptors (Lipinski definition) is 3. The molecule has 9 heteroatoms. The second kappa shape index (κ2) is 7.12. The summed E-state index contributed by atoms with van der Waals surface area (Å²) in [5.41, 5.74) is -0.396. The van der Waals surface area contributed by atoms with E-state index in [-0.39, 0.29) is 11.0 Å². The Bertz CT molecular complexity index is 821. The molecular formula is C15H13BrF3NO3S. The molecule has 0 radical (unpaired) electrons. The monoisotopic (exact) mass is 423 g/mol. The second-order valence-corrected chi connectivity index (χ2v) is 7.53. The minimum Gasteiger partial charge on any atom is -0.497 e. The van der Waals surface area contributed by atoms with Crippen molar-refractivity contribution in [3.8, 4) is 5.75 Å².